The number of carbonyl (C=O) groups excluding carboxylic acids is 1. The number of rotatable bonds is 6. The van der Waals surface area contributed by atoms with E-state index < -0.39 is 8.32 Å². The third-order valence-corrected chi connectivity index (χ3v) is 13.8. The van der Waals surface area contributed by atoms with Crippen LogP contribution in [0.1, 0.15) is 59.3 Å². The minimum Gasteiger partial charge on any atom is -0.414 e. The second kappa shape index (κ2) is 7.55. The molecule has 154 valence electrons. The third kappa shape index (κ3) is 2.91. The van der Waals surface area contributed by atoms with Crippen molar-refractivity contribution in [2.45, 2.75) is 89.6 Å². The molecule has 0 aromatic rings. The molecule has 4 aliphatic rings. The predicted molar refractivity (Wildman–Crippen MR) is 110 cm³/mol. The molecule has 4 nitrogen and oxygen atoms in total. The first kappa shape index (κ1) is 20.1. The summed E-state index contributed by atoms with van der Waals surface area (Å²) in [6.07, 6.45) is 6.99. The molecular weight excluding hydrogens is 354 g/mol. The Bertz CT molecular complexity index is 557. The quantitative estimate of drug-likeness (QED) is 0.697. The Morgan fingerprint density at radius 3 is 2.52 bits per heavy atom. The first-order valence-electron chi connectivity index (χ1n) is 11.6. The smallest absolute Gasteiger partial charge is 0.192 e. The van der Waals surface area contributed by atoms with Crippen molar-refractivity contribution in [1.82, 2.24) is 4.90 Å². The van der Waals surface area contributed by atoms with Gasteiger partial charge in [0.05, 0.1) is 6.61 Å². The number of piperidine rings is 1. The molecule has 27 heavy (non-hydrogen) atoms. The van der Waals surface area contributed by atoms with Gasteiger partial charge in [-0.3, -0.25) is 9.69 Å². The molecule has 7 atom stereocenters. The standard InChI is InChI=1S/C22H39NO3Si/c1-4-27(5-2,6-3)26-19-14-18-21(25)16(15-24)13-20-22(18)10-8-12-23(20)11-7-9-17(19)22/h16-20,24H,4-15H2,1-3H3/t16-,17+,18?,19+,20+,22?/m0/s1. The Hall–Kier alpha value is -0.233. The van der Waals surface area contributed by atoms with E-state index in [9.17, 15) is 9.90 Å². The van der Waals surface area contributed by atoms with E-state index in [1.165, 1.54) is 56.9 Å². The van der Waals surface area contributed by atoms with Crippen LogP contribution in [-0.4, -0.2) is 55.9 Å². The third-order valence-electron chi connectivity index (χ3n) is 9.14. The zero-order valence-electron chi connectivity index (χ0n) is 17.6. The molecule has 2 heterocycles. The normalized spacial score (nSPS) is 44.1. The van der Waals surface area contributed by atoms with Crippen molar-refractivity contribution < 1.29 is 14.3 Å². The molecule has 4 rings (SSSR count). The number of carbonyl (C=O) groups is 1. The summed E-state index contributed by atoms with van der Waals surface area (Å²) in [5.41, 5.74) is 0.136. The van der Waals surface area contributed by atoms with Crippen LogP contribution in [0.3, 0.4) is 0 Å². The van der Waals surface area contributed by atoms with Gasteiger partial charge in [0.2, 0.25) is 0 Å². The molecule has 2 saturated carbocycles. The number of hydrogen-bond donors (Lipinski definition) is 1. The highest BCUT2D eigenvalue weighted by Gasteiger charge is 2.66. The van der Waals surface area contributed by atoms with E-state index in [-0.39, 0.29) is 30.0 Å². The van der Waals surface area contributed by atoms with Crippen LogP contribution in [0.4, 0.5) is 0 Å². The molecule has 0 aromatic carbocycles. The van der Waals surface area contributed by atoms with Gasteiger partial charge in [-0.2, -0.15) is 0 Å². The van der Waals surface area contributed by atoms with Gasteiger partial charge in [0.25, 0.3) is 0 Å². The summed E-state index contributed by atoms with van der Waals surface area (Å²) < 4.78 is 7.09. The molecule has 0 amide bonds. The Morgan fingerprint density at radius 2 is 1.85 bits per heavy atom. The highest BCUT2D eigenvalue weighted by atomic mass is 28.4. The van der Waals surface area contributed by atoms with Gasteiger partial charge in [-0.1, -0.05) is 20.8 Å². The highest BCUT2D eigenvalue weighted by Crippen LogP contribution is 2.63. The molecular formula is C22H39NO3Si. The first-order valence-corrected chi connectivity index (χ1v) is 14.1. The summed E-state index contributed by atoms with van der Waals surface area (Å²) in [5, 5.41) is 9.91. The fourth-order valence-corrected chi connectivity index (χ4v) is 10.5. The van der Waals surface area contributed by atoms with Gasteiger partial charge in [0.15, 0.2) is 8.32 Å². The van der Waals surface area contributed by atoms with E-state index in [1.54, 1.807) is 0 Å². The van der Waals surface area contributed by atoms with Crippen molar-refractivity contribution in [2.24, 2.45) is 23.2 Å². The molecule has 4 fully saturated rings. The van der Waals surface area contributed by atoms with Gasteiger partial charge in [-0.15, -0.1) is 0 Å². The molecule has 2 aliphatic heterocycles. The maximum Gasteiger partial charge on any atom is 0.192 e. The number of nitrogens with zero attached hydrogens (tertiary/aromatic N) is 1. The van der Waals surface area contributed by atoms with E-state index in [1.807, 2.05) is 0 Å². The summed E-state index contributed by atoms with van der Waals surface area (Å²) in [7, 11) is -1.69. The molecule has 1 N–H and O–H groups in total. The molecule has 2 bridgehead atoms. The van der Waals surface area contributed by atoms with E-state index in [4.69, 9.17) is 4.43 Å². The number of aliphatic hydroxyl groups is 1. The Balaban J connectivity index is 1.72. The lowest BCUT2D eigenvalue weighted by Crippen LogP contribution is -2.61. The topological polar surface area (TPSA) is 49.8 Å². The Kier molecular flexibility index (Phi) is 5.61. The minimum absolute atomic E-state index is 0.0313. The van der Waals surface area contributed by atoms with E-state index in [0.717, 1.165) is 12.8 Å². The van der Waals surface area contributed by atoms with Gasteiger partial charge >= 0.3 is 0 Å². The van der Waals surface area contributed by atoms with Crippen molar-refractivity contribution in [2.75, 3.05) is 19.7 Å². The van der Waals surface area contributed by atoms with Crippen LogP contribution in [0.2, 0.25) is 18.1 Å². The Labute approximate surface area is 166 Å². The Morgan fingerprint density at radius 1 is 1.15 bits per heavy atom. The van der Waals surface area contributed by atoms with Gasteiger partial charge in [-0.25, -0.2) is 0 Å². The average Bonchev–Trinajstić information content (AvgIpc) is 2.95. The van der Waals surface area contributed by atoms with Crippen LogP contribution >= 0.6 is 0 Å². The van der Waals surface area contributed by atoms with Gasteiger partial charge in [0.1, 0.15) is 5.78 Å². The van der Waals surface area contributed by atoms with Gasteiger partial charge < -0.3 is 9.53 Å². The van der Waals surface area contributed by atoms with Crippen LogP contribution in [0.15, 0.2) is 0 Å². The lowest BCUT2D eigenvalue weighted by atomic mass is 9.54. The maximum atomic E-state index is 13.4. The zero-order chi connectivity index (χ0) is 19.2. The fraction of sp³-hybridized carbons (Fsp3) is 0.955. The second-order valence-electron chi connectivity index (χ2n) is 9.72. The average molecular weight is 394 g/mol. The van der Waals surface area contributed by atoms with Crippen LogP contribution in [0.5, 0.6) is 0 Å². The number of hydrogen-bond acceptors (Lipinski definition) is 4. The van der Waals surface area contributed by atoms with Crippen LogP contribution in [0, 0.1) is 23.2 Å². The fourth-order valence-electron chi connectivity index (χ4n) is 7.58. The largest absolute Gasteiger partial charge is 0.414 e. The van der Waals surface area contributed by atoms with Crippen LogP contribution in [-0.2, 0) is 9.22 Å². The maximum absolute atomic E-state index is 13.4. The number of Topliss-reactive ketones (excluding diaryl/α,β-unsaturated/α-hetero) is 1. The predicted octanol–water partition coefficient (Wildman–Crippen LogP) is 3.84. The summed E-state index contributed by atoms with van der Waals surface area (Å²) in [4.78, 5) is 16.1. The van der Waals surface area contributed by atoms with Crippen molar-refractivity contribution in [3.8, 4) is 0 Å². The molecule has 2 aliphatic carbocycles. The second-order valence-corrected chi connectivity index (χ2v) is 14.4. The van der Waals surface area contributed by atoms with Crippen molar-refractivity contribution in [3.05, 3.63) is 0 Å². The van der Waals surface area contributed by atoms with Crippen LogP contribution < -0.4 is 0 Å². The van der Waals surface area contributed by atoms with Crippen molar-refractivity contribution in [1.29, 1.82) is 0 Å². The molecule has 2 saturated heterocycles. The summed E-state index contributed by atoms with van der Waals surface area (Å²) in [6.45, 7) is 9.32. The SMILES string of the molecule is CC[Si](CC)(CC)O[C@@H]1CC2C(=O)[C@H](CO)C[C@H]3N4CCC[C@H]1C23CCC4. The van der Waals surface area contributed by atoms with E-state index >= 15 is 0 Å². The summed E-state index contributed by atoms with van der Waals surface area (Å²) in [6, 6.07) is 4.05. The minimum atomic E-state index is -1.69. The highest BCUT2D eigenvalue weighted by molar-refractivity contribution is 6.73. The summed E-state index contributed by atoms with van der Waals surface area (Å²) in [5.74, 6) is 0.904. The van der Waals surface area contributed by atoms with Crippen molar-refractivity contribution >= 4 is 14.1 Å². The van der Waals surface area contributed by atoms with Crippen LogP contribution in [0.25, 0.3) is 0 Å². The zero-order valence-corrected chi connectivity index (χ0v) is 18.6. The molecule has 5 heteroatoms. The number of aliphatic hydroxyl groups excluding tert-OH is 1. The molecule has 3 unspecified atom stereocenters. The summed E-state index contributed by atoms with van der Waals surface area (Å²) >= 11 is 0. The van der Waals surface area contributed by atoms with Crippen molar-refractivity contribution in [3.63, 3.8) is 0 Å². The van der Waals surface area contributed by atoms with Gasteiger partial charge in [-0.05, 0) is 75.7 Å². The number of ketones is 1. The first-order chi connectivity index (χ1) is 13.0. The van der Waals surface area contributed by atoms with E-state index in [0.29, 0.717) is 17.7 Å². The molecule has 0 radical (unpaired) electrons. The lowest BCUT2D eigenvalue weighted by Gasteiger charge is -2.56. The molecule has 1 spiro atoms. The monoisotopic (exact) mass is 393 g/mol. The van der Waals surface area contributed by atoms with E-state index in [2.05, 4.69) is 25.7 Å². The van der Waals surface area contributed by atoms with Gasteiger partial charge in [0, 0.05) is 29.4 Å². The molecule has 0 aromatic heterocycles. The lowest BCUT2D eigenvalue weighted by molar-refractivity contribution is -0.148.